The lowest BCUT2D eigenvalue weighted by Crippen LogP contribution is -2.32. The van der Waals surface area contributed by atoms with Crippen molar-refractivity contribution in [3.05, 3.63) is 60.2 Å². The summed E-state index contributed by atoms with van der Waals surface area (Å²) in [5.41, 5.74) is 1.02. The molecule has 108 valence electrons. The van der Waals surface area contributed by atoms with Crippen LogP contribution in [-0.2, 0) is 4.74 Å². The number of para-hydroxylation sites is 1. The van der Waals surface area contributed by atoms with Crippen molar-refractivity contribution in [3.63, 3.8) is 0 Å². The first-order valence-corrected chi connectivity index (χ1v) is 7.10. The molecule has 0 spiro atoms. The van der Waals surface area contributed by atoms with Gasteiger partial charge in [-0.25, -0.2) is 0 Å². The van der Waals surface area contributed by atoms with E-state index in [0.29, 0.717) is 0 Å². The van der Waals surface area contributed by atoms with Gasteiger partial charge in [0.05, 0.1) is 32.5 Å². The fourth-order valence-corrected chi connectivity index (χ4v) is 2.10. The predicted octanol–water partition coefficient (Wildman–Crippen LogP) is 3.15. The normalized spacial score (nSPS) is 15.3. The molecule has 4 nitrogen and oxygen atoms in total. The van der Waals surface area contributed by atoms with Crippen LogP contribution in [0, 0.1) is 0 Å². The Balaban J connectivity index is 1.66. The second kappa shape index (κ2) is 6.90. The average Bonchev–Trinajstić information content (AvgIpc) is 2.55. The molecule has 1 heterocycles. The minimum absolute atomic E-state index is 0.745. The Morgan fingerprint density at radius 2 is 1.71 bits per heavy atom. The van der Waals surface area contributed by atoms with Crippen molar-refractivity contribution in [3.8, 4) is 11.5 Å². The van der Waals surface area contributed by atoms with Crippen molar-refractivity contribution < 1.29 is 9.47 Å². The summed E-state index contributed by atoms with van der Waals surface area (Å²) in [6.07, 6.45) is 1.86. The summed E-state index contributed by atoms with van der Waals surface area (Å²) in [4.78, 5) is 0. The average molecular weight is 282 g/mol. The minimum Gasteiger partial charge on any atom is -0.457 e. The van der Waals surface area contributed by atoms with Crippen LogP contribution in [0.4, 0.5) is 0 Å². The number of hydrogen-bond donors (Lipinski definition) is 0. The van der Waals surface area contributed by atoms with E-state index in [1.54, 1.807) is 0 Å². The van der Waals surface area contributed by atoms with Crippen molar-refractivity contribution in [2.75, 3.05) is 26.3 Å². The fourth-order valence-electron chi connectivity index (χ4n) is 2.10. The molecule has 0 saturated carbocycles. The van der Waals surface area contributed by atoms with Gasteiger partial charge in [-0.3, -0.25) is 5.01 Å². The van der Waals surface area contributed by atoms with E-state index in [2.05, 4.69) is 5.10 Å². The standard InChI is InChI=1S/C17H18N2O2/c1-2-6-16(7-3-1)21-17-8-4-5-15(13-17)14-18-19-9-11-20-12-10-19/h1-8,13-14H,9-12H2/b18-14-. The highest BCUT2D eigenvalue weighted by atomic mass is 16.5. The zero-order chi connectivity index (χ0) is 14.3. The lowest BCUT2D eigenvalue weighted by molar-refractivity contribution is 0.0397. The van der Waals surface area contributed by atoms with Gasteiger partial charge < -0.3 is 9.47 Å². The Morgan fingerprint density at radius 1 is 0.952 bits per heavy atom. The number of ether oxygens (including phenoxy) is 2. The van der Waals surface area contributed by atoms with Crippen LogP contribution in [0.3, 0.4) is 0 Å². The third-order valence-electron chi connectivity index (χ3n) is 3.19. The maximum atomic E-state index is 5.82. The summed E-state index contributed by atoms with van der Waals surface area (Å²) in [7, 11) is 0. The van der Waals surface area contributed by atoms with Gasteiger partial charge in [0, 0.05) is 0 Å². The van der Waals surface area contributed by atoms with E-state index in [9.17, 15) is 0 Å². The molecule has 1 fully saturated rings. The van der Waals surface area contributed by atoms with Crippen LogP contribution in [0.1, 0.15) is 5.56 Å². The smallest absolute Gasteiger partial charge is 0.128 e. The summed E-state index contributed by atoms with van der Waals surface area (Å²) in [6, 6.07) is 17.7. The highest BCUT2D eigenvalue weighted by molar-refractivity contribution is 5.80. The van der Waals surface area contributed by atoms with Crippen LogP contribution < -0.4 is 4.74 Å². The van der Waals surface area contributed by atoms with Crippen LogP contribution in [-0.4, -0.2) is 37.5 Å². The largest absolute Gasteiger partial charge is 0.457 e. The molecule has 2 aromatic carbocycles. The number of benzene rings is 2. The fraction of sp³-hybridized carbons (Fsp3) is 0.235. The van der Waals surface area contributed by atoms with Gasteiger partial charge in [0.15, 0.2) is 0 Å². The Hall–Kier alpha value is -2.33. The van der Waals surface area contributed by atoms with Crippen LogP contribution in [0.5, 0.6) is 11.5 Å². The molecule has 21 heavy (non-hydrogen) atoms. The molecule has 1 saturated heterocycles. The molecule has 0 N–H and O–H groups in total. The molecular formula is C17H18N2O2. The number of morpholine rings is 1. The maximum absolute atomic E-state index is 5.82. The molecule has 0 bridgehead atoms. The van der Waals surface area contributed by atoms with Gasteiger partial charge in [-0.05, 0) is 29.8 Å². The highest BCUT2D eigenvalue weighted by Gasteiger charge is 2.06. The van der Waals surface area contributed by atoms with Gasteiger partial charge in [-0.1, -0.05) is 30.3 Å². The van der Waals surface area contributed by atoms with Crippen LogP contribution in [0.25, 0.3) is 0 Å². The third-order valence-corrected chi connectivity index (χ3v) is 3.19. The van der Waals surface area contributed by atoms with E-state index in [1.807, 2.05) is 65.8 Å². The van der Waals surface area contributed by atoms with E-state index < -0.39 is 0 Å². The summed E-state index contributed by atoms with van der Waals surface area (Å²) < 4.78 is 11.1. The van der Waals surface area contributed by atoms with Crippen molar-refractivity contribution in [1.29, 1.82) is 0 Å². The second-order valence-electron chi connectivity index (χ2n) is 4.80. The summed E-state index contributed by atoms with van der Waals surface area (Å²) in [5, 5.41) is 6.50. The molecule has 4 heteroatoms. The number of nitrogens with zero attached hydrogens (tertiary/aromatic N) is 2. The van der Waals surface area contributed by atoms with E-state index in [0.717, 1.165) is 43.4 Å². The molecule has 0 amide bonds. The van der Waals surface area contributed by atoms with Crippen molar-refractivity contribution in [2.45, 2.75) is 0 Å². The van der Waals surface area contributed by atoms with Crippen LogP contribution in [0.2, 0.25) is 0 Å². The molecule has 2 aromatic rings. The first-order chi connectivity index (χ1) is 10.4. The lowest BCUT2D eigenvalue weighted by Gasteiger charge is -2.23. The monoisotopic (exact) mass is 282 g/mol. The van der Waals surface area contributed by atoms with Crippen LogP contribution in [0.15, 0.2) is 59.7 Å². The summed E-state index contributed by atoms with van der Waals surface area (Å²) >= 11 is 0. The minimum atomic E-state index is 0.745. The van der Waals surface area contributed by atoms with Crippen molar-refractivity contribution in [2.24, 2.45) is 5.10 Å². The lowest BCUT2D eigenvalue weighted by atomic mass is 10.2. The van der Waals surface area contributed by atoms with Gasteiger partial charge in [0.2, 0.25) is 0 Å². The second-order valence-corrected chi connectivity index (χ2v) is 4.80. The highest BCUT2D eigenvalue weighted by Crippen LogP contribution is 2.21. The van der Waals surface area contributed by atoms with Gasteiger partial charge in [0.1, 0.15) is 11.5 Å². The Morgan fingerprint density at radius 3 is 2.52 bits per heavy atom. The van der Waals surface area contributed by atoms with Gasteiger partial charge in [0.25, 0.3) is 0 Å². The first-order valence-electron chi connectivity index (χ1n) is 7.10. The topological polar surface area (TPSA) is 34.1 Å². The zero-order valence-corrected chi connectivity index (χ0v) is 11.8. The number of hydrazone groups is 1. The van der Waals surface area contributed by atoms with Gasteiger partial charge in [-0.2, -0.15) is 5.10 Å². The molecular weight excluding hydrogens is 264 g/mol. The maximum Gasteiger partial charge on any atom is 0.128 e. The van der Waals surface area contributed by atoms with Gasteiger partial charge in [-0.15, -0.1) is 0 Å². The van der Waals surface area contributed by atoms with Gasteiger partial charge >= 0.3 is 0 Å². The molecule has 0 radical (unpaired) electrons. The molecule has 0 aromatic heterocycles. The predicted molar refractivity (Wildman–Crippen MR) is 82.9 cm³/mol. The van der Waals surface area contributed by atoms with E-state index >= 15 is 0 Å². The molecule has 0 aliphatic carbocycles. The number of rotatable bonds is 4. The SMILES string of the molecule is C(=N/N1CCOCC1)/c1cccc(Oc2ccccc2)c1. The quantitative estimate of drug-likeness (QED) is 0.808. The summed E-state index contributed by atoms with van der Waals surface area (Å²) in [5.74, 6) is 1.65. The zero-order valence-electron chi connectivity index (χ0n) is 11.8. The van der Waals surface area contributed by atoms with E-state index in [4.69, 9.17) is 9.47 Å². The third kappa shape index (κ3) is 4.07. The number of hydrogen-bond acceptors (Lipinski definition) is 4. The molecule has 0 unspecified atom stereocenters. The Bertz CT molecular complexity index is 593. The Labute approximate surface area is 124 Å². The molecule has 1 aliphatic heterocycles. The molecule has 1 aliphatic rings. The molecule has 3 rings (SSSR count). The summed E-state index contributed by atoms with van der Waals surface area (Å²) in [6.45, 7) is 3.18. The van der Waals surface area contributed by atoms with E-state index in [-0.39, 0.29) is 0 Å². The Kier molecular flexibility index (Phi) is 4.49. The first kappa shape index (κ1) is 13.6. The van der Waals surface area contributed by atoms with Crippen molar-refractivity contribution >= 4 is 6.21 Å². The molecule has 0 atom stereocenters. The van der Waals surface area contributed by atoms with E-state index in [1.165, 1.54) is 0 Å². The van der Waals surface area contributed by atoms with Crippen molar-refractivity contribution in [1.82, 2.24) is 5.01 Å². The van der Waals surface area contributed by atoms with Crippen LogP contribution >= 0.6 is 0 Å².